The molecule has 0 atom stereocenters. The van der Waals surface area contributed by atoms with Crippen molar-refractivity contribution < 1.29 is 51.0 Å². The maximum Gasteiger partial charge on any atom is 1.00 e. The van der Waals surface area contributed by atoms with Gasteiger partial charge in [-0.25, -0.2) is 10.1 Å². The molecule has 0 aliphatic carbocycles. The second-order valence-electron chi connectivity index (χ2n) is 1.81. The summed E-state index contributed by atoms with van der Waals surface area (Å²) < 4.78 is 0. The number of hydrogen-bond donors (Lipinski definition) is 1. The van der Waals surface area contributed by atoms with Crippen molar-refractivity contribution in [1.29, 1.82) is 0 Å². The zero-order valence-electron chi connectivity index (χ0n) is 7.56. The molecule has 0 saturated heterocycles. The molecule has 1 aromatic rings. The molecule has 0 saturated carbocycles. The van der Waals surface area contributed by atoms with Gasteiger partial charge in [-0.2, -0.15) is 0 Å². The summed E-state index contributed by atoms with van der Waals surface area (Å²) in [6.07, 6.45) is 0. The summed E-state index contributed by atoms with van der Waals surface area (Å²) in [7, 11) is 0. The van der Waals surface area contributed by atoms with Gasteiger partial charge < -0.3 is 1.43 Å². The van der Waals surface area contributed by atoms with Gasteiger partial charge in [0.1, 0.15) is 0 Å². The third-order valence-corrected chi connectivity index (χ3v) is 1.12. The van der Waals surface area contributed by atoms with E-state index in [4.69, 9.17) is 5.26 Å². The summed E-state index contributed by atoms with van der Waals surface area (Å²) >= 11 is 0. The Kier molecular flexibility index (Phi) is 5.96. The molecule has 12 heavy (non-hydrogen) atoms. The van der Waals surface area contributed by atoms with Gasteiger partial charge in [0.25, 0.3) is 0 Å². The van der Waals surface area contributed by atoms with Gasteiger partial charge in [-0.1, -0.05) is 18.2 Å². The molecular weight excluding hydrogens is 171 g/mol. The van der Waals surface area contributed by atoms with Gasteiger partial charge >= 0.3 is 35.5 Å². The summed E-state index contributed by atoms with van der Waals surface area (Å²) in [5.41, 5.74) is 0.321. The van der Waals surface area contributed by atoms with E-state index in [1.54, 1.807) is 30.3 Å². The summed E-state index contributed by atoms with van der Waals surface area (Å²) in [6.45, 7) is 0. The topological polar surface area (TPSA) is 55.8 Å². The fourth-order valence-electron chi connectivity index (χ4n) is 0.656. The van der Waals surface area contributed by atoms with Crippen molar-refractivity contribution in [2.24, 2.45) is 0 Å². The third-order valence-electron chi connectivity index (χ3n) is 1.12. The number of carbonyl (C=O) groups excluding carboxylic acids is 1. The smallest absolute Gasteiger partial charge is 1.00 e. The largest absolute Gasteiger partial charge is 1.00 e. The fourth-order valence-corrected chi connectivity index (χ4v) is 0.656. The molecule has 0 fully saturated rings. The maximum absolute atomic E-state index is 10.7. The van der Waals surface area contributed by atoms with Crippen LogP contribution in [0.25, 0.3) is 0 Å². The van der Waals surface area contributed by atoms with Gasteiger partial charge in [0, 0.05) is 0 Å². The van der Waals surface area contributed by atoms with Crippen molar-refractivity contribution in [2.75, 3.05) is 0 Å². The van der Waals surface area contributed by atoms with Crippen LogP contribution in [0.15, 0.2) is 30.3 Å². The van der Waals surface area contributed by atoms with Gasteiger partial charge in [0.05, 0.1) is 5.56 Å². The number of carbonyl (C=O) groups is 1. The number of rotatable bonds is 2. The monoisotopic (exact) mass is 178 g/mol. The molecule has 0 bridgehead atoms. The first-order chi connectivity index (χ1) is 5.34. The number of benzene rings is 1. The van der Waals surface area contributed by atoms with Crippen LogP contribution >= 0.6 is 0 Å². The Morgan fingerprint density at radius 3 is 2.42 bits per heavy atom. The van der Waals surface area contributed by atoms with Gasteiger partial charge in [-0.05, 0) is 17.2 Å². The first-order valence-corrected chi connectivity index (χ1v) is 2.92. The Labute approximate surface area is 92.7 Å². The van der Waals surface area contributed by atoms with E-state index >= 15 is 0 Å². The molecule has 0 spiro atoms. The first kappa shape index (κ1) is 11.6. The van der Waals surface area contributed by atoms with Crippen LogP contribution in [0, 0.1) is 0 Å². The summed E-state index contributed by atoms with van der Waals surface area (Å²) in [5, 5.41) is 11.0. The minimum Gasteiger partial charge on any atom is -1.00 e. The van der Waals surface area contributed by atoms with Crippen LogP contribution in [-0.4, -0.2) is 11.2 Å². The Hall–Kier alpha value is -0.390. The van der Waals surface area contributed by atoms with Crippen molar-refractivity contribution >= 4 is 5.97 Å². The molecule has 1 aromatic carbocycles. The molecule has 0 aliphatic rings. The summed E-state index contributed by atoms with van der Waals surface area (Å²) in [5.74, 6) is -0.729. The van der Waals surface area contributed by atoms with Crippen LogP contribution in [0.3, 0.4) is 0 Å². The minimum absolute atomic E-state index is 0. The molecule has 4 nitrogen and oxygen atoms in total. The predicted molar refractivity (Wildman–Crippen MR) is 36.7 cm³/mol. The van der Waals surface area contributed by atoms with Crippen molar-refractivity contribution in [2.45, 2.75) is 0 Å². The third kappa shape index (κ3) is 3.34. The van der Waals surface area contributed by atoms with E-state index in [2.05, 4.69) is 9.93 Å². The van der Waals surface area contributed by atoms with Crippen LogP contribution < -0.4 is 29.6 Å². The van der Waals surface area contributed by atoms with Crippen molar-refractivity contribution in [3.63, 3.8) is 0 Å². The van der Waals surface area contributed by atoms with Gasteiger partial charge in [-0.3, -0.25) is 4.89 Å². The summed E-state index contributed by atoms with van der Waals surface area (Å²) in [6, 6.07) is 8.20. The second kappa shape index (κ2) is 6.16. The maximum atomic E-state index is 10.7. The average Bonchev–Trinajstić information content (AvgIpc) is 2.07. The van der Waals surface area contributed by atoms with E-state index in [-0.39, 0.29) is 31.0 Å². The van der Waals surface area contributed by atoms with Gasteiger partial charge in [0.2, 0.25) is 0 Å². The zero-order chi connectivity index (χ0) is 8.10. The predicted octanol–water partition coefficient (Wildman–Crippen LogP) is -1.64. The van der Waals surface area contributed by atoms with Crippen molar-refractivity contribution in [3.05, 3.63) is 35.9 Å². The zero-order valence-corrected chi connectivity index (χ0v) is 8.56. The average molecular weight is 178 g/mol. The first-order valence-electron chi connectivity index (χ1n) is 2.92. The van der Waals surface area contributed by atoms with Crippen LogP contribution in [0.2, 0.25) is 0 Å². The molecule has 0 aliphatic heterocycles. The summed E-state index contributed by atoms with van der Waals surface area (Å²) in [4.78, 5) is 14.6. The molecule has 0 radical (unpaired) electrons. The minimum atomic E-state index is -0.729. The van der Waals surface area contributed by atoms with E-state index in [0.717, 1.165) is 0 Å². The Morgan fingerprint density at radius 1 is 1.33 bits per heavy atom. The Morgan fingerprint density at radius 2 is 1.92 bits per heavy atom. The molecule has 0 heterocycles. The molecule has 0 unspecified atom stereocenters. The van der Waals surface area contributed by atoms with E-state index in [0.29, 0.717) is 5.56 Å². The van der Waals surface area contributed by atoms with Crippen LogP contribution in [-0.2, 0) is 9.93 Å². The fraction of sp³-hybridized carbons (Fsp3) is 0. The van der Waals surface area contributed by atoms with Crippen molar-refractivity contribution in [3.8, 4) is 0 Å². The molecule has 0 aromatic heterocycles. The molecule has 0 amide bonds. The van der Waals surface area contributed by atoms with Crippen LogP contribution in [0.5, 0.6) is 0 Å². The van der Waals surface area contributed by atoms with E-state index in [9.17, 15) is 4.79 Å². The van der Waals surface area contributed by atoms with E-state index in [1.165, 1.54) is 0 Å². The van der Waals surface area contributed by atoms with E-state index in [1.807, 2.05) is 0 Å². The van der Waals surface area contributed by atoms with E-state index < -0.39 is 5.97 Å². The molecule has 60 valence electrons. The van der Waals surface area contributed by atoms with Crippen molar-refractivity contribution in [1.82, 2.24) is 0 Å². The van der Waals surface area contributed by atoms with Crippen LogP contribution in [0.1, 0.15) is 11.8 Å². The van der Waals surface area contributed by atoms with Crippen LogP contribution in [0.4, 0.5) is 0 Å². The SMILES string of the molecule is O=C(OOO)c1ccccc1.[H-].[Na+]. The second-order valence-corrected chi connectivity index (χ2v) is 1.81. The normalized spacial score (nSPS) is 8.42. The molecule has 5 heteroatoms. The molecule has 1 rings (SSSR count). The standard InChI is InChI=1S/C7H6O4.Na.H/c8-7(10-11-9)6-4-2-1-3-5-6;;/h1-5,9H;;/q;+1;-1. The molecule has 1 N–H and O–H groups in total. The Balaban J connectivity index is 0. The Bertz CT molecular complexity index is 242. The quantitative estimate of drug-likeness (QED) is 0.335. The molecular formula is C7H7NaO4. The van der Waals surface area contributed by atoms with Gasteiger partial charge in [0.15, 0.2) is 0 Å². The van der Waals surface area contributed by atoms with Gasteiger partial charge in [-0.15, -0.1) is 0 Å². The number of hydrogen-bond acceptors (Lipinski definition) is 4.